The highest BCUT2D eigenvalue weighted by Crippen LogP contribution is 2.58. The van der Waals surface area contributed by atoms with Crippen molar-refractivity contribution in [1.82, 2.24) is 0 Å². The van der Waals surface area contributed by atoms with Crippen LogP contribution in [0.5, 0.6) is 0 Å². The molecule has 0 saturated heterocycles. The van der Waals surface area contributed by atoms with Gasteiger partial charge in [-0.2, -0.15) is 0 Å². The zero-order chi connectivity index (χ0) is 14.6. The molecule has 0 radical (unpaired) electrons. The molecular formula is C16H30F2O. The van der Waals surface area contributed by atoms with Crippen molar-refractivity contribution < 1.29 is 13.5 Å². The first kappa shape index (κ1) is 16.9. The Morgan fingerprint density at radius 2 is 1.84 bits per heavy atom. The zero-order valence-electron chi connectivity index (χ0n) is 13.0. The smallest absolute Gasteiger partial charge is 0.248 e. The van der Waals surface area contributed by atoms with Crippen molar-refractivity contribution >= 4 is 0 Å². The van der Waals surface area contributed by atoms with Crippen LogP contribution in [0.3, 0.4) is 0 Å². The third-order valence-corrected chi connectivity index (χ3v) is 4.52. The molecule has 1 aliphatic carbocycles. The van der Waals surface area contributed by atoms with Gasteiger partial charge in [0.2, 0.25) is 5.92 Å². The molecule has 1 unspecified atom stereocenters. The minimum Gasteiger partial charge on any atom is -0.384 e. The number of hydrogen-bond acceptors (Lipinski definition) is 1. The summed E-state index contributed by atoms with van der Waals surface area (Å²) in [5.74, 6) is -2.56. The Labute approximate surface area is 117 Å². The van der Waals surface area contributed by atoms with E-state index >= 15 is 0 Å². The van der Waals surface area contributed by atoms with Crippen LogP contribution in [0.2, 0.25) is 0 Å². The minimum absolute atomic E-state index is 0.0434. The van der Waals surface area contributed by atoms with Gasteiger partial charge in [-0.15, -0.1) is 0 Å². The SMILES string of the molecule is CCCCC1(CC(C)(COC)CC(F)(F)CC)CC1. The molecule has 0 heterocycles. The zero-order valence-corrected chi connectivity index (χ0v) is 13.0. The summed E-state index contributed by atoms with van der Waals surface area (Å²) in [5, 5.41) is 0. The van der Waals surface area contributed by atoms with Gasteiger partial charge >= 0.3 is 0 Å². The highest BCUT2D eigenvalue weighted by atomic mass is 19.3. The van der Waals surface area contributed by atoms with Gasteiger partial charge in [-0.05, 0) is 36.5 Å². The second-order valence-corrected chi connectivity index (χ2v) is 6.91. The monoisotopic (exact) mass is 276 g/mol. The quantitative estimate of drug-likeness (QED) is 0.516. The number of unbranched alkanes of at least 4 members (excludes halogenated alkanes) is 1. The fraction of sp³-hybridized carbons (Fsp3) is 1.00. The van der Waals surface area contributed by atoms with Crippen molar-refractivity contribution in [2.24, 2.45) is 10.8 Å². The van der Waals surface area contributed by atoms with E-state index in [1.54, 1.807) is 14.0 Å². The van der Waals surface area contributed by atoms with Gasteiger partial charge in [-0.1, -0.05) is 33.6 Å². The van der Waals surface area contributed by atoms with Crippen LogP contribution in [0.1, 0.15) is 72.1 Å². The van der Waals surface area contributed by atoms with Crippen LogP contribution in [0, 0.1) is 10.8 Å². The van der Waals surface area contributed by atoms with E-state index in [4.69, 9.17) is 4.74 Å². The highest BCUT2D eigenvalue weighted by molar-refractivity contribution is 4.98. The lowest BCUT2D eigenvalue weighted by molar-refractivity contribution is -0.0711. The molecule has 0 N–H and O–H groups in total. The maximum absolute atomic E-state index is 13.8. The predicted octanol–water partition coefficient (Wildman–Crippen LogP) is 5.44. The molecular weight excluding hydrogens is 246 g/mol. The normalized spacial score (nSPS) is 21.2. The van der Waals surface area contributed by atoms with E-state index < -0.39 is 11.3 Å². The van der Waals surface area contributed by atoms with Crippen molar-refractivity contribution in [3.63, 3.8) is 0 Å². The van der Waals surface area contributed by atoms with Crippen LogP contribution < -0.4 is 0 Å². The highest BCUT2D eigenvalue weighted by Gasteiger charge is 2.49. The van der Waals surface area contributed by atoms with Gasteiger partial charge in [-0.25, -0.2) is 8.78 Å². The Balaban J connectivity index is 2.65. The average Bonchev–Trinajstić information content (AvgIpc) is 3.05. The fourth-order valence-corrected chi connectivity index (χ4v) is 3.41. The molecule has 3 heteroatoms. The van der Waals surface area contributed by atoms with Crippen LogP contribution in [0.25, 0.3) is 0 Å². The molecule has 0 aromatic heterocycles. The molecule has 0 amide bonds. The Morgan fingerprint density at radius 1 is 1.21 bits per heavy atom. The van der Waals surface area contributed by atoms with Crippen molar-refractivity contribution in [1.29, 1.82) is 0 Å². The van der Waals surface area contributed by atoms with E-state index in [1.165, 1.54) is 32.1 Å². The Kier molecular flexibility index (Phi) is 5.78. The van der Waals surface area contributed by atoms with E-state index in [0.29, 0.717) is 12.0 Å². The molecule has 0 bridgehead atoms. The molecule has 1 saturated carbocycles. The van der Waals surface area contributed by atoms with Crippen molar-refractivity contribution in [3.8, 4) is 0 Å². The summed E-state index contributed by atoms with van der Waals surface area (Å²) in [7, 11) is 1.62. The van der Waals surface area contributed by atoms with Gasteiger partial charge in [0, 0.05) is 20.0 Å². The fourth-order valence-electron chi connectivity index (χ4n) is 3.41. The number of hydrogen-bond donors (Lipinski definition) is 0. The topological polar surface area (TPSA) is 9.23 Å². The van der Waals surface area contributed by atoms with E-state index in [9.17, 15) is 8.78 Å². The van der Waals surface area contributed by atoms with Crippen LogP contribution in [-0.2, 0) is 4.74 Å². The maximum atomic E-state index is 13.8. The molecule has 1 nitrogen and oxygen atoms in total. The van der Waals surface area contributed by atoms with Gasteiger partial charge in [0.05, 0.1) is 6.61 Å². The lowest BCUT2D eigenvalue weighted by Crippen LogP contribution is -2.34. The summed E-state index contributed by atoms with van der Waals surface area (Å²) in [4.78, 5) is 0. The van der Waals surface area contributed by atoms with Gasteiger partial charge in [-0.3, -0.25) is 0 Å². The van der Waals surface area contributed by atoms with Gasteiger partial charge in [0.15, 0.2) is 0 Å². The largest absolute Gasteiger partial charge is 0.384 e. The minimum atomic E-state index is -2.56. The molecule has 1 rings (SSSR count). The summed E-state index contributed by atoms with van der Waals surface area (Å²) in [5.41, 5.74) is -0.0500. The van der Waals surface area contributed by atoms with Crippen LogP contribution >= 0.6 is 0 Å². The van der Waals surface area contributed by atoms with Crippen LogP contribution in [0.4, 0.5) is 8.78 Å². The lowest BCUT2D eigenvalue weighted by atomic mass is 9.74. The molecule has 1 atom stereocenters. The van der Waals surface area contributed by atoms with Crippen molar-refractivity contribution in [3.05, 3.63) is 0 Å². The van der Waals surface area contributed by atoms with E-state index in [0.717, 1.165) is 6.42 Å². The number of methoxy groups -OCH3 is 1. The summed E-state index contributed by atoms with van der Waals surface area (Å²) in [6.45, 7) is 6.18. The van der Waals surface area contributed by atoms with Gasteiger partial charge in [0.25, 0.3) is 0 Å². The molecule has 0 aromatic rings. The van der Waals surface area contributed by atoms with Crippen LogP contribution in [0.15, 0.2) is 0 Å². The van der Waals surface area contributed by atoms with Gasteiger partial charge < -0.3 is 4.74 Å². The first-order chi connectivity index (χ1) is 8.80. The molecule has 19 heavy (non-hydrogen) atoms. The molecule has 0 aliphatic heterocycles. The number of alkyl halides is 2. The number of rotatable bonds is 10. The molecule has 1 fully saturated rings. The predicted molar refractivity (Wildman–Crippen MR) is 75.6 cm³/mol. The summed E-state index contributed by atoms with van der Waals surface area (Å²) < 4.78 is 32.8. The second-order valence-electron chi connectivity index (χ2n) is 6.91. The second kappa shape index (κ2) is 6.51. The molecule has 1 aliphatic rings. The van der Waals surface area contributed by atoms with Crippen molar-refractivity contribution in [2.75, 3.05) is 13.7 Å². The third-order valence-electron chi connectivity index (χ3n) is 4.52. The van der Waals surface area contributed by atoms with Gasteiger partial charge in [0.1, 0.15) is 0 Å². The molecule has 114 valence electrons. The summed E-state index contributed by atoms with van der Waals surface area (Å²) in [6.07, 6.45) is 6.80. The van der Waals surface area contributed by atoms with E-state index in [2.05, 4.69) is 6.92 Å². The Morgan fingerprint density at radius 3 is 2.26 bits per heavy atom. The summed E-state index contributed by atoms with van der Waals surface area (Å²) in [6, 6.07) is 0. The summed E-state index contributed by atoms with van der Waals surface area (Å²) >= 11 is 0. The standard InChI is InChI=1S/C16H30F2O/c1-5-7-8-15(9-10-15)11-14(3,13-19-4)12-16(17,18)6-2/h5-13H2,1-4H3. The molecule has 0 spiro atoms. The van der Waals surface area contributed by atoms with Crippen LogP contribution in [-0.4, -0.2) is 19.6 Å². The number of halogens is 2. The third kappa shape index (κ3) is 5.37. The Hall–Kier alpha value is -0.180. The van der Waals surface area contributed by atoms with E-state index in [1.807, 2.05) is 6.92 Å². The number of ether oxygens (including phenoxy) is 1. The van der Waals surface area contributed by atoms with E-state index in [-0.39, 0.29) is 12.8 Å². The maximum Gasteiger partial charge on any atom is 0.248 e. The van der Waals surface area contributed by atoms with Crippen molar-refractivity contribution in [2.45, 2.75) is 78.1 Å². The first-order valence-electron chi connectivity index (χ1n) is 7.67. The Bertz CT molecular complexity index is 274. The molecule has 0 aromatic carbocycles. The lowest BCUT2D eigenvalue weighted by Gasteiger charge is -2.36. The first-order valence-corrected chi connectivity index (χ1v) is 7.67. The average molecular weight is 276 g/mol.